The van der Waals surface area contributed by atoms with Crippen LogP contribution in [0, 0.1) is 6.92 Å². The number of aryl methyl sites for hydroxylation is 1. The molecule has 0 spiro atoms. The number of fused-ring (bicyclic) bond motifs is 1. The minimum Gasteiger partial charge on any atom is -0.496 e. The Morgan fingerprint density at radius 3 is 2.86 bits per heavy atom. The van der Waals surface area contributed by atoms with Gasteiger partial charge in [0.2, 0.25) is 0 Å². The van der Waals surface area contributed by atoms with Gasteiger partial charge >= 0.3 is 0 Å². The third-order valence-electron chi connectivity index (χ3n) is 4.00. The van der Waals surface area contributed by atoms with Gasteiger partial charge < -0.3 is 10.1 Å². The second-order valence-electron chi connectivity index (χ2n) is 5.54. The van der Waals surface area contributed by atoms with Crippen molar-refractivity contribution in [2.24, 2.45) is 0 Å². The van der Waals surface area contributed by atoms with E-state index in [2.05, 4.69) is 61.6 Å². The molecule has 0 saturated heterocycles. The molecule has 2 atom stereocenters. The highest BCUT2D eigenvalue weighted by Crippen LogP contribution is 2.39. The highest BCUT2D eigenvalue weighted by Gasteiger charge is 2.25. The van der Waals surface area contributed by atoms with Crippen molar-refractivity contribution in [3.05, 3.63) is 59.2 Å². The first-order valence-electron chi connectivity index (χ1n) is 7.31. The van der Waals surface area contributed by atoms with E-state index in [0.29, 0.717) is 6.04 Å². The molecule has 1 N–H and O–H groups in total. The van der Waals surface area contributed by atoms with E-state index >= 15 is 0 Å². The molecule has 2 aromatic rings. The minimum atomic E-state index is 0.261. The van der Waals surface area contributed by atoms with Crippen molar-refractivity contribution in [1.82, 2.24) is 5.32 Å². The Morgan fingerprint density at radius 2 is 2.05 bits per heavy atom. The fourth-order valence-corrected chi connectivity index (χ4v) is 4.06. The first-order chi connectivity index (χ1) is 10.2. The van der Waals surface area contributed by atoms with E-state index in [0.717, 1.165) is 11.5 Å². The van der Waals surface area contributed by atoms with E-state index in [4.69, 9.17) is 4.74 Å². The number of hydrogen-bond donors (Lipinski definition) is 1. The second-order valence-corrected chi connectivity index (χ2v) is 6.60. The highest BCUT2D eigenvalue weighted by atomic mass is 32.2. The molecule has 1 aliphatic rings. The number of rotatable bonds is 4. The van der Waals surface area contributed by atoms with Crippen LogP contribution in [0.4, 0.5) is 0 Å². The number of ether oxygens (including phenoxy) is 1. The van der Waals surface area contributed by atoms with E-state index in [1.54, 1.807) is 7.11 Å². The Bertz CT molecular complexity index is 641. The Kier molecular flexibility index (Phi) is 4.22. The van der Waals surface area contributed by atoms with Crippen molar-refractivity contribution in [3.8, 4) is 5.75 Å². The molecule has 110 valence electrons. The van der Waals surface area contributed by atoms with Crippen molar-refractivity contribution in [2.45, 2.75) is 30.8 Å². The van der Waals surface area contributed by atoms with E-state index in [9.17, 15) is 0 Å². The summed E-state index contributed by atoms with van der Waals surface area (Å²) in [6.45, 7) is 4.33. The van der Waals surface area contributed by atoms with E-state index in [1.807, 2.05) is 11.8 Å². The standard InChI is InChI=1S/C18H21NOS/c1-12-8-9-17(20-3)15(10-12)13(2)19-16-11-21-18-7-5-4-6-14(16)18/h4-10,13,16,19H,11H2,1-3H3. The lowest BCUT2D eigenvalue weighted by Gasteiger charge is -2.22. The zero-order chi connectivity index (χ0) is 14.8. The lowest BCUT2D eigenvalue weighted by Crippen LogP contribution is -2.25. The van der Waals surface area contributed by atoms with Crippen LogP contribution in [0.15, 0.2) is 47.4 Å². The molecule has 2 unspecified atom stereocenters. The van der Waals surface area contributed by atoms with E-state index < -0.39 is 0 Å². The van der Waals surface area contributed by atoms with Gasteiger partial charge in [0.15, 0.2) is 0 Å². The average Bonchev–Trinajstić information content (AvgIpc) is 2.90. The fourth-order valence-electron chi connectivity index (χ4n) is 2.88. The zero-order valence-electron chi connectivity index (χ0n) is 12.7. The summed E-state index contributed by atoms with van der Waals surface area (Å²) in [6, 6.07) is 15.7. The molecule has 3 rings (SSSR count). The van der Waals surface area contributed by atoms with Crippen LogP contribution in [-0.2, 0) is 0 Å². The number of hydrogen-bond acceptors (Lipinski definition) is 3. The summed E-state index contributed by atoms with van der Waals surface area (Å²) in [4.78, 5) is 1.40. The van der Waals surface area contributed by atoms with Gasteiger partial charge in [0, 0.05) is 28.3 Å². The summed E-state index contributed by atoms with van der Waals surface area (Å²) in [6.07, 6.45) is 0. The first kappa shape index (κ1) is 14.5. The quantitative estimate of drug-likeness (QED) is 0.898. The van der Waals surface area contributed by atoms with Gasteiger partial charge in [-0.05, 0) is 31.5 Å². The Balaban J connectivity index is 1.82. The maximum Gasteiger partial charge on any atom is 0.123 e. The van der Waals surface area contributed by atoms with Gasteiger partial charge in [0.1, 0.15) is 5.75 Å². The summed E-state index contributed by atoms with van der Waals surface area (Å²) >= 11 is 1.93. The molecule has 1 aliphatic heterocycles. The Hall–Kier alpha value is -1.45. The van der Waals surface area contributed by atoms with Gasteiger partial charge in [-0.3, -0.25) is 0 Å². The zero-order valence-corrected chi connectivity index (χ0v) is 13.5. The lowest BCUT2D eigenvalue weighted by atomic mass is 10.0. The third-order valence-corrected chi connectivity index (χ3v) is 5.19. The molecule has 0 aromatic heterocycles. The lowest BCUT2D eigenvalue weighted by molar-refractivity contribution is 0.397. The Morgan fingerprint density at radius 1 is 1.24 bits per heavy atom. The predicted octanol–water partition coefficient (Wildman–Crippen LogP) is 4.50. The summed E-state index contributed by atoms with van der Waals surface area (Å²) in [7, 11) is 1.74. The topological polar surface area (TPSA) is 21.3 Å². The predicted molar refractivity (Wildman–Crippen MR) is 89.2 cm³/mol. The fraction of sp³-hybridized carbons (Fsp3) is 0.333. The number of benzene rings is 2. The van der Waals surface area contributed by atoms with Gasteiger partial charge in [-0.15, -0.1) is 11.8 Å². The summed E-state index contributed by atoms with van der Waals surface area (Å²) in [5, 5.41) is 3.75. The highest BCUT2D eigenvalue weighted by molar-refractivity contribution is 7.99. The molecule has 0 saturated carbocycles. The van der Waals surface area contributed by atoms with Crippen LogP contribution in [0.3, 0.4) is 0 Å². The molecular formula is C18H21NOS. The van der Waals surface area contributed by atoms with Crippen LogP contribution < -0.4 is 10.1 Å². The number of methoxy groups -OCH3 is 1. The normalized spacial score (nSPS) is 18.3. The third kappa shape index (κ3) is 2.94. The molecule has 21 heavy (non-hydrogen) atoms. The van der Waals surface area contributed by atoms with Crippen LogP contribution in [0.25, 0.3) is 0 Å². The summed E-state index contributed by atoms with van der Waals surface area (Å²) < 4.78 is 5.51. The maximum atomic E-state index is 5.51. The van der Waals surface area contributed by atoms with E-state index in [-0.39, 0.29) is 6.04 Å². The van der Waals surface area contributed by atoms with Crippen molar-refractivity contribution in [1.29, 1.82) is 0 Å². The second kappa shape index (κ2) is 6.12. The van der Waals surface area contributed by atoms with Gasteiger partial charge in [-0.2, -0.15) is 0 Å². The molecule has 0 bridgehead atoms. The molecule has 0 radical (unpaired) electrons. The molecule has 3 heteroatoms. The maximum absolute atomic E-state index is 5.51. The minimum absolute atomic E-state index is 0.261. The SMILES string of the molecule is COc1ccc(C)cc1C(C)NC1CSc2ccccc21. The smallest absolute Gasteiger partial charge is 0.123 e. The Labute approximate surface area is 130 Å². The molecule has 0 amide bonds. The van der Waals surface area contributed by atoms with Crippen molar-refractivity contribution < 1.29 is 4.74 Å². The molecule has 2 aromatic carbocycles. The van der Waals surface area contributed by atoms with Crippen LogP contribution >= 0.6 is 11.8 Å². The molecule has 0 aliphatic carbocycles. The number of nitrogens with one attached hydrogen (secondary N) is 1. The van der Waals surface area contributed by atoms with Crippen LogP contribution in [0.2, 0.25) is 0 Å². The molecule has 0 fully saturated rings. The van der Waals surface area contributed by atoms with Crippen molar-refractivity contribution in [3.63, 3.8) is 0 Å². The number of thioether (sulfide) groups is 1. The van der Waals surface area contributed by atoms with Gasteiger partial charge in [0.05, 0.1) is 7.11 Å². The van der Waals surface area contributed by atoms with Gasteiger partial charge in [0.25, 0.3) is 0 Å². The van der Waals surface area contributed by atoms with E-state index in [1.165, 1.54) is 21.6 Å². The van der Waals surface area contributed by atoms with Crippen LogP contribution in [0.1, 0.15) is 35.7 Å². The molecule has 1 heterocycles. The van der Waals surface area contributed by atoms with Crippen LogP contribution in [0.5, 0.6) is 5.75 Å². The monoisotopic (exact) mass is 299 g/mol. The summed E-state index contributed by atoms with van der Waals surface area (Å²) in [5.74, 6) is 2.05. The largest absolute Gasteiger partial charge is 0.496 e. The molecule has 2 nitrogen and oxygen atoms in total. The van der Waals surface area contributed by atoms with Crippen molar-refractivity contribution in [2.75, 3.05) is 12.9 Å². The summed E-state index contributed by atoms with van der Waals surface area (Å²) in [5.41, 5.74) is 3.91. The average molecular weight is 299 g/mol. The van der Waals surface area contributed by atoms with Crippen molar-refractivity contribution >= 4 is 11.8 Å². The van der Waals surface area contributed by atoms with Crippen LogP contribution in [-0.4, -0.2) is 12.9 Å². The van der Waals surface area contributed by atoms with Gasteiger partial charge in [-0.25, -0.2) is 0 Å². The molecular weight excluding hydrogens is 278 g/mol. The first-order valence-corrected chi connectivity index (χ1v) is 8.30. The van der Waals surface area contributed by atoms with Gasteiger partial charge in [-0.1, -0.05) is 35.9 Å².